The van der Waals surface area contributed by atoms with E-state index in [2.05, 4.69) is 10.2 Å². The number of hydrogen-bond donors (Lipinski definition) is 1. The van der Waals surface area contributed by atoms with E-state index in [0.29, 0.717) is 24.7 Å². The third-order valence-corrected chi connectivity index (χ3v) is 3.18. The Bertz CT molecular complexity index is 420. The van der Waals surface area contributed by atoms with Gasteiger partial charge < -0.3 is 19.7 Å². The van der Waals surface area contributed by atoms with E-state index in [9.17, 15) is 4.39 Å². The Kier molecular flexibility index (Phi) is 5.61. The van der Waals surface area contributed by atoms with Crippen molar-refractivity contribution in [3.8, 4) is 5.75 Å². The Morgan fingerprint density at radius 1 is 1.25 bits per heavy atom. The molecule has 1 N–H and O–H groups in total. The number of nitrogens with zero attached hydrogens (tertiary/aromatic N) is 1. The van der Waals surface area contributed by atoms with Gasteiger partial charge in [0.05, 0.1) is 18.4 Å². The van der Waals surface area contributed by atoms with Gasteiger partial charge in [-0.05, 0) is 26.0 Å². The highest BCUT2D eigenvalue weighted by Crippen LogP contribution is 2.24. The normalized spacial score (nSPS) is 15.7. The Morgan fingerprint density at radius 2 is 2.00 bits per heavy atom. The maximum absolute atomic E-state index is 14.1. The first kappa shape index (κ1) is 15.1. The van der Waals surface area contributed by atoms with Gasteiger partial charge in [0.1, 0.15) is 18.2 Å². The van der Waals surface area contributed by atoms with Crippen LogP contribution in [-0.4, -0.2) is 45.5 Å². The molecule has 0 amide bonds. The van der Waals surface area contributed by atoms with Gasteiger partial charge in [-0.2, -0.15) is 0 Å². The van der Waals surface area contributed by atoms with Crippen LogP contribution in [0, 0.1) is 5.82 Å². The minimum absolute atomic E-state index is 0.186. The maximum atomic E-state index is 14.1. The van der Waals surface area contributed by atoms with E-state index >= 15 is 0 Å². The highest BCUT2D eigenvalue weighted by Gasteiger charge is 2.14. The van der Waals surface area contributed by atoms with Crippen LogP contribution in [-0.2, 0) is 4.74 Å². The van der Waals surface area contributed by atoms with Crippen molar-refractivity contribution in [2.75, 3.05) is 44.3 Å². The molecule has 20 heavy (non-hydrogen) atoms. The molecular formula is C15H23FN2O2. The van der Waals surface area contributed by atoms with E-state index < -0.39 is 0 Å². The molecule has 1 aromatic rings. The van der Waals surface area contributed by atoms with Crippen LogP contribution in [0.15, 0.2) is 18.2 Å². The lowest BCUT2D eigenvalue weighted by Gasteiger charge is -2.29. The zero-order valence-electron chi connectivity index (χ0n) is 12.2. The summed E-state index contributed by atoms with van der Waals surface area (Å²) in [5, 5.41) is 3.26. The summed E-state index contributed by atoms with van der Waals surface area (Å²) in [6, 6.07) is 5.06. The van der Waals surface area contributed by atoms with Gasteiger partial charge in [0.2, 0.25) is 0 Å². The Hall–Kier alpha value is -1.33. The first-order valence-corrected chi connectivity index (χ1v) is 7.16. The van der Waals surface area contributed by atoms with Crippen LogP contribution in [0.25, 0.3) is 0 Å². The van der Waals surface area contributed by atoms with E-state index in [1.807, 2.05) is 19.9 Å². The van der Waals surface area contributed by atoms with Crippen LogP contribution in [0.4, 0.5) is 10.1 Å². The fourth-order valence-electron chi connectivity index (χ4n) is 2.18. The summed E-state index contributed by atoms with van der Waals surface area (Å²) in [6.45, 7) is 8.35. The summed E-state index contributed by atoms with van der Waals surface area (Å²) in [5.41, 5.74) is 0.650. The zero-order valence-corrected chi connectivity index (χ0v) is 12.2. The van der Waals surface area contributed by atoms with Crippen molar-refractivity contribution in [3.63, 3.8) is 0 Å². The van der Waals surface area contributed by atoms with Gasteiger partial charge in [-0.25, -0.2) is 4.39 Å². The van der Waals surface area contributed by atoms with E-state index in [1.54, 1.807) is 6.07 Å². The molecule has 0 radical (unpaired) electrons. The van der Waals surface area contributed by atoms with Gasteiger partial charge in [0, 0.05) is 32.2 Å². The summed E-state index contributed by atoms with van der Waals surface area (Å²) in [6.07, 6.45) is 0.186. The number of halogens is 1. The molecule has 1 heterocycles. The standard InChI is InChI=1S/C15H23FN2O2/c1-12(2)19-9-10-20-13-3-4-15(14(16)11-13)18-7-5-17-6-8-18/h3-4,11-12,17H,5-10H2,1-2H3. The lowest BCUT2D eigenvalue weighted by atomic mass is 10.2. The van der Waals surface area contributed by atoms with Crippen molar-refractivity contribution in [3.05, 3.63) is 24.0 Å². The van der Waals surface area contributed by atoms with Gasteiger partial charge >= 0.3 is 0 Å². The topological polar surface area (TPSA) is 33.7 Å². The van der Waals surface area contributed by atoms with Crippen LogP contribution in [0.2, 0.25) is 0 Å². The largest absolute Gasteiger partial charge is 0.491 e. The monoisotopic (exact) mass is 282 g/mol. The van der Waals surface area contributed by atoms with Crippen LogP contribution in [0.3, 0.4) is 0 Å². The van der Waals surface area contributed by atoms with E-state index in [4.69, 9.17) is 9.47 Å². The number of ether oxygens (including phenoxy) is 2. The number of rotatable bonds is 6. The maximum Gasteiger partial charge on any atom is 0.150 e. The molecule has 1 fully saturated rings. The molecule has 1 aliphatic rings. The predicted molar refractivity (Wildman–Crippen MR) is 78.1 cm³/mol. The first-order chi connectivity index (χ1) is 9.66. The fraction of sp³-hybridized carbons (Fsp3) is 0.600. The van der Waals surface area contributed by atoms with Crippen molar-refractivity contribution in [1.82, 2.24) is 5.32 Å². The second-order valence-electron chi connectivity index (χ2n) is 5.12. The molecule has 0 aromatic heterocycles. The highest BCUT2D eigenvalue weighted by atomic mass is 19.1. The lowest BCUT2D eigenvalue weighted by Crippen LogP contribution is -2.43. The van der Waals surface area contributed by atoms with Crippen LogP contribution >= 0.6 is 0 Å². The second kappa shape index (κ2) is 7.45. The third-order valence-electron chi connectivity index (χ3n) is 3.18. The summed E-state index contributed by atoms with van der Waals surface area (Å²) in [7, 11) is 0. The summed E-state index contributed by atoms with van der Waals surface area (Å²) in [5.74, 6) is 0.322. The Labute approximate surface area is 119 Å². The molecular weight excluding hydrogens is 259 g/mol. The molecule has 0 aliphatic carbocycles. The van der Waals surface area contributed by atoms with E-state index in [1.165, 1.54) is 6.07 Å². The molecule has 5 heteroatoms. The fourth-order valence-corrected chi connectivity index (χ4v) is 2.18. The first-order valence-electron chi connectivity index (χ1n) is 7.16. The average molecular weight is 282 g/mol. The molecule has 0 saturated carbocycles. The Balaban J connectivity index is 1.88. The van der Waals surface area contributed by atoms with Crippen molar-refractivity contribution in [1.29, 1.82) is 0 Å². The quantitative estimate of drug-likeness (QED) is 0.810. The number of nitrogens with one attached hydrogen (secondary N) is 1. The third kappa shape index (κ3) is 4.35. The van der Waals surface area contributed by atoms with Crippen LogP contribution in [0.5, 0.6) is 5.75 Å². The van der Waals surface area contributed by atoms with Gasteiger partial charge in [0.15, 0.2) is 0 Å². The summed E-state index contributed by atoms with van der Waals surface area (Å²) >= 11 is 0. The molecule has 0 bridgehead atoms. The van der Waals surface area contributed by atoms with Gasteiger partial charge in [-0.1, -0.05) is 0 Å². The number of piperazine rings is 1. The van der Waals surface area contributed by atoms with Crippen LogP contribution < -0.4 is 15.0 Å². The van der Waals surface area contributed by atoms with Crippen molar-refractivity contribution in [2.24, 2.45) is 0 Å². The van der Waals surface area contributed by atoms with Gasteiger partial charge in [-0.3, -0.25) is 0 Å². The molecule has 1 saturated heterocycles. The van der Waals surface area contributed by atoms with E-state index in [0.717, 1.165) is 26.2 Å². The minimum Gasteiger partial charge on any atom is -0.491 e. The number of hydrogen-bond acceptors (Lipinski definition) is 4. The minimum atomic E-state index is -0.228. The average Bonchev–Trinajstić information content (AvgIpc) is 2.44. The Morgan fingerprint density at radius 3 is 2.65 bits per heavy atom. The second-order valence-corrected chi connectivity index (χ2v) is 5.12. The molecule has 1 aromatic carbocycles. The predicted octanol–water partition coefficient (Wildman–Crippen LogP) is 2.04. The summed E-state index contributed by atoms with van der Waals surface area (Å²) < 4.78 is 25.0. The van der Waals surface area contributed by atoms with Crippen molar-refractivity contribution >= 4 is 5.69 Å². The van der Waals surface area contributed by atoms with Crippen molar-refractivity contribution < 1.29 is 13.9 Å². The van der Waals surface area contributed by atoms with Gasteiger partial charge in [-0.15, -0.1) is 0 Å². The number of benzene rings is 1. The molecule has 0 spiro atoms. The SMILES string of the molecule is CC(C)OCCOc1ccc(N2CCNCC2)c(F)c1. The molecule has 4 nitrogen and oxygen atoms in total. The van der Waals surface area contributed by atoms with Crippen molar-refractivity contribution in [2.45, 2.75) is 20.0 Å². The molecule has 112 valence electrons. The lowest BCUT2D eigenvalue weighted by molar-refractivity contribution is 0.0552. The molecule has 0 unspecified atom stereocenters. The van der Waals surface area contributed by atoms with E-state index in [-0.39, 0.29) is 11.9 Å². The molecule has 0 atom stereocenters. The smallest absolute Gasteiger partial charge is 0.150 e. The molecule has 2 rings (SSSR count). The van der Waals surface area contributed by atoms with Gasteiger partial charge in [0.25, 0.3) is 0 Å². The number of anilines is 1. The summed E-state index contributed by atoms with van der Waals surface area (Å²) in [4.78, 5) is 2.05. The highest BCUT2D eigenvalue weighted by molar-refractivity contribution is 5.51. The zero-order chi connectivity index (χ0) is 14.4. The van der Waals surface area contributed by atoms with Crippen LogP contribution in [0.1, 0.15) is 13.8 Å². The molecule has 1 aliphatic heterocycles.